The Kier molecular flexibility index (Phi) is 5.41. The van der Waals surface area contributed by atoms with Crippen LogP contribution in [0.1, 0.15) is 22.5 Å². The van der Waals surface area contributed by atoms with Crippen molar-refractivity contribution in [2.24, 2.45) is 0 Å². The predicted octanol–water partition coefficient (Wildman–Crippen LogP) is 4.21. The first-order valence-electron chi connectivity index (χ1n) is 7.88. The number of hydrogen-bond acceptors (Lipinski definition) is 4. The van der Waals surface area contributed by atoms with Crippen LogP contribution in [0.15, 0.2) is 46.7 Å². The summed E-state index contributed by atoms with van der Waals surface area (Å²) in [6.45, 7) is 2.09. The third-order valence-corrected chi connectivity index (χ3v) is 5.92. The van der Waals surface area contributed by atoms with Crippen LogP contribution < -0.4 is 4.90 Å². The van der Waals surface area contributed by atoms with Crippen LogP contribution in [0.25, 0.3) is 0 Å². The molecule has 0 bridgehead atoms. The second-order valence-electron chi connectivity index (χ2n) is 5.89. The maximum Gasteiger partial charge on any atom is 0.268 e. The number of piperidine rings is 1. The molecule has 1 fully saturated rings. The number of thioether (sulfide) groups is 1. The molecule has 1 aliphatic heterocycles. The van der Waals surface area contributed by atoms with Gasteiger partial charge in [-0.25, -0.2) is 0 Å². The maximum absolute atomic E-state index is 13.1. The van der Waals surface area contributed by atoms with Crippen molar-refractivity contribution in [1.82, 2.24) is 4.90 Å². The Hall–Kier alpha value is -1.30. The van der Waals surface area contributed by atoms with E-state index in [-0.39, 0.29) is 11.9 Å². The summed E-state index contributed by atoms with van der Waals surface area (Å²) in [4.78, 5) is 19.5. The van der Waals surface area contributed by atoms with Crippen LogP contribution >= 0.6 is 23.1 Å². The van der Waals surface area contributed by atoms with Crippen molar-refractivity contribution in [3.63, 3.8) is 0 Å². The Balaban J connectivity index is 1.94. The van der Waals surface area contributed by atoms with Gasteiger partial charge in [-0.05, 0) is 68.9 Å². The molecule has 0 atom stereocenters. The summed E-state index contributed by atoms with van der Waals surface area (Å²) in [6.07, 6.45) is 4.12. The molecule has 1 aromatic carbocycles. The number of rotatable bonds is 4. The lowest BCUT2D eigenvalue weighted by molar-refractivity contribution is 0.0967. The number of thiophene rings is 1. The SMILES string of the molecule is CSc1cccc(N(C(=O)c2cccs2)C2CCN(C)CC2)c1. The summed E-state index contributed by atoms with van der Waals surface area (Å²) >= 11 is 3.23. The molecule has 0 aliphatic carbocycles. The molecular formula is C18H22N2OS2. The molecule has 122 valence electrons. The van der Waals surface area contributed by atoms with Crippen LogP contribution in [0, 0.1) is 0 Å². The fraction of sp³-hybridized carbons (Fsp3) is 0.389. The highest BCUT2D eigenvalue weighted by atomic mass is 32.2. The molecule has 1 aromatic heterocycles. The second-order valence-corrected chi connectivity index (χ2v) is 7.72. The van der Waals surface area contributed by atoms with Gasteiger partial charge in [0.15, 0.2) is 0 Å². The van der Waals surface area contributed by atoms with E-state index in [0.717, 1.165) is 36.5 Å². The topological polar surface area (TPSA) is 23.6 Å². The molecule has 0 radical (unpaired) electrons. The van der Waals surface area contributed by atoms with Gasteiger partial charge >= 0.3 is 0 Å². The van der Waals surface area contributed by atoms with Crippen molar-refractivity contribution in [1.29, 1.82) is 0 Å². The van der Waals surface area contributed by atoms with E-state index in [2.05, 4.69) is 36.4 Å². The molecule has 1 saturated heterocycles. The van der Waals surface area contributed by atoms with Crippen LogP contribution in [0.5, 0.6) is 0 Å². The minimum atomic E-state index is 0.132. The monoisotopic (exact) mass is 346 g/mol. The van der Waals surface area contributed by atoms with Crippen molar-refractivity contribution in [2.75, 3.05) is 31.3 Å². The van der Waals surface area contributed by atoms with E-state index < -0.39 is 0 Å². The van der Waals surface area contributed by atoms with Gasteiger partial charge in [0.1, 0.15) is 0 Å². The molecule has 0 saturated carbocycles. The van der Waals surface area contributed by atoms with Gasteiger partial charge in [0, 0.05) is 16.6 Å². The lowest BCUT2D eigenvalue weighted by Crippen LogP contribution is -2.46. The first-order valence-corrected chi connectivity index (χ1v) is 9.99. The van der Waals surface area contributed by atoms with E-state index in [4.69, 9.17) is 0 Å². The van der Waals surface area contributed by atoms with Gasteiger partial charge in [-0.15, -0.1) is 23.1 Å². The zero-order chi connectivity index (χ0) is 16.2. The molecule has 3 rings (SSSR count). The molecule has 2 aromatic rings. The summed E-state index contributed by atoms with van der Waals surface area (Å²) in [7, 11) is 2.15. The van der Waals surface area contributed by atoms with Crippen molar-refractivity contribution in [3.8, 4) is 0 Å². The van der Waals surface area contributed by atoms with E-state index >= 15 is 0 Å². The Morgan fingerprint density at radius 3 is 2.70 bits per heavy atom. The molecule has 3 nitrogen and oxygen atoms in total. The largest absolute Gasteiger partial charge is 0.306 e. The normalized spacial score (nSPS) is 16.4. The zero-order valence-corrected chi connectivity index (χ0v) is 15.2. The van der Waals surface area contributed by atoms with Crippen LogP contribution in [-0.4, -0.2) is 43.2 Å². The first kappa shape index (κ1) is 16.6. The van der Waals surface area contributed by atoms with Gasteiger partial charge in [0.05, 0.1) is 4.88 Å². The average Bonchev–Trinajstić information content (AvgIpc) is 3.11. The standard InChI is InChI=1S/C18H22N2OS2/c1-19-10-8-14(9-11-19)20(18(21)17-7-4-12-23-17)15-5-3-6-16(13-15)22-2/h3-7,12-14H,8-11H2,1-2H3. The highest BCUT2D eigenvalue weighted by Crippen LogP contribution is 2.29. The van der Waals surface area contributed by atoms with Crippen LogP contribution in [0.3, 0.4) is 0 Å². The third-order valence-electron chi connectivity index (χ3n) is 4.34. The van der Waals surface area contributed by atoms with Crippen molar-refractivity contribution >= 4 is 34.7 Å². The Bertz CT molecular complexity index is 649. The lowest BCUT2D eigenvalue weighted by Gasteiger charge is -2.37. The lowest BCUT2D eigenvalue weighted by atomic mass is 10.0. The summed E-state index contributed by atoms with van der Waals surface area (Å²) < 4.78 is 0. The first-order chi connectivity index (χ1) is 11.2. The van der Waals surface area contributed by atoms with Crippen molar-refractivity contribution in [3.05, 3.63) is 46.7 Å². The minimum absolute atomic E-state index is 0.132. The zero-order valence-electron chi connectivity index (χ0n) is 13.6. The predicted molar refractivity (Wildman–Crippen MR) is 99.9 cm³/mol. The van der Waals surface area contributed by atoms with Gasteiger partial charge in [-0.2, -0.15) is 0 Å². The fourth-order valence-corrected chi connectivity index (χ4v) is 4.14. The second kappa shape index (κ2) is 7.51. The number of carbonyl (C=O) groups is 1. The molecule has 23 heavy (non-hydrogen) atoms. The maximum atomic E-state index is 13.1. The quantitative estimate of drug-likeness (QED) is 0.775. The number of amides is 1. The highest BCUT2D eigenvalue weighted by Gasteiger charge is 2.29. The van der Waals surface area contributed by atoms with E-state index in [9.17, 15) is 4.79 Å². The Labute approximate surface area is 146 Å². The summed E-state index contributed by atoms with van der Waals surface area (Å²) in [5, 5.41) is 1.97. The molecule has 2 heterocycles. The van der Waals surface area contributed by atoms with Gasteiger partial charge in [-0.1, -0.05) is 12.1 Å². The van der Waals surface area contributed by atoms with E-state index in [1.807, 2.05) is 28.5 Å². The van der Waals surface area contributed by atoms with E-state index in [1.165, 1.54) is 16.2 Å². The summed E-state index contributed by atoms with van der Waals surface area (Å²) in [5.74, 6) is 0.132. The fourth-order valence-electron chi connectivity index (χ4n) is 3.03. The van der Waals surface area contributed by atoms with Gasteiger partial charge < -0.3 is 9.80 Å². The van der Waals surface area contributed by atoms with E-state index in [1.54, 1.807) is 11.8 Å². The van der Waals surface area contributed by atoms with Gasteiger partial charge in [-0.3, -0.25) is 4.79 Å². The molecule has 0 N–H and O–H groups in total. The van der Waals surface area contributed by atoms with Gasteiger partial charge in [0.25, 0.3) is 5.91 Å². The minimum Gasteiger partial charge on any atom is -0.306 e. The van der Waals surface area contributed by atoms with E-state index in [0.29, 0.717) is 0 Å². The number of benzene rings is 1. The van der Waals surface area contributed by atoms with Crippen molar-refractivity contribution in [2.45, 2.75) is 23.8 Å². The molecule has 5 heteroatoms. The summed E-state index contributed by atoms with van der Waals surface area (Å²) in [5.41, 5.74) is 1.02. The number of likely N-dealkylation sites (tertiary alicyclic amines) is 1. The average molecular weight is 347 g/mol. The van der Waals surface area contributed by atoms with Crippen LogP contribution in [0.2, 0.25) is 0 Å². The van der Waals surface area contributed by atoms with Crippen LogP contribution in [-0.2, 0) is 0 Å². The van der Waals surface area contributed by atoms with Gasteiger partial charge in [0.2, 0.25) is 0 Å². The number of hydrogen-bond donors (Lipinski definition) is 0. The molecule has 0 spiro atoms. The van der Waals surface area contributed by atoms with Crippen LogP contribution in [0.4, 0.5) is 5.69 Å². The molecule has 1 amide bonds. The Morgan fingerprint density at radius 1 is 1.26 bits per heavy atom. The Morgan fingerprint density at radius 2 is 2.04 bits per heavy atom. The molecular weight excluding hydrogens is 324 g/mol. The number of carbonyl (C=O) groups excluding carboxylic acids is 1. The van der Waals surface area contributed by atoms with Crippen molar-refractivity contribution < 1.29 is 4.79 Å². The smallest absolute Gasteiger partial charge is 0.268 e. The third kappa shape index (κ3) is 3.79. The summed E-state index contributed by atoms with van der Waals surface area (Å²) in [6, 6.07) is 12.5. The highest BCUT2D eigenvalue weighted by molar-refractivity contribution is 7.98. The molecule has 1 aliphatic rings. The number of nitrogens with zero attached hydrogens (tertiary/aromatic N) is 2. The number of anilines is 1. The molecule has 0 unspecified atom stereocenters.